The Hall–Kier alpha value is -2.53. The summed E-state index contributed by atoms with van der Waals surface area (Å²) in [5.41, 5.74) is 1.03. The number of Topliss-reactive ketones (excluding diaryl/α,β-unsaturated/α-hetero) is 1. The maximum atomic E-state index is 12.4. The van der Waals surface area contributed by atoms with Gasteiger partial charge in [0.2, 0.25) is 5.91 Å². The molecule has 0 unspecified atom stereocenters. The molecule has 6 heteroatoms. The Morgan fingerprint density at radius 2 is 1.71 bits per heavy atom. The standard InChI is InChI=1S/C18H18ClNO4/c1-23-14-7-9-17(24-2)15(11-14)16(21)8-10-18(22)20-13-5-3-12(19)4-6-13/h3-7,9,11H,8,10H2,1-2H3,(H,20,22). The number of anilines is 1. The summed E-state index contributed by atoms with van der Waals surface area (Å²) >= 11 is 5.79. The summed E-state index contributed by atoms with van der Waals surface area (Å²) in [5, 5.41) is 3.31. The van der Waals surface area contributed by atoms with Crippen molar-refractivity contribution in [3.8, 4) is 11.5 Å². The van der Waals surface area contributed by atoms with E-state index >= 15 is 0 Å². The second-order valence-corrected chi connectivity index (χ2v) is 5.48. The quantitative estimate of drug-likeness (QED) is 0.770. The van der Waals surface area contributed by atoms with Crippen LogP contribution in [0.2, 0.25) is 5.02 Å². The van der Waals surface area contributed by atoms with Gasteiger partial charge in [-0.15, -0.1) is 0 Å². The lowest BCUT2D eigenvalue weighted by molar-refractivity contribution is -0.116. The molecule has 1 amide bonds. The lowest BCUT2D eigenvalue weighted by Gasteiger charge is -2.10. The molecule has 2 aromatic rings. The van der Waals surface area contributed by atoms with E-state index in [1.165, 1.54) is 14.2 Å². The van der Waals surface area contributed by atoms with Gasteiger partial charge in [0.1, 0.15) is 11.5 Å². The van der Waals surface area contributed by atoms with Crippen LogP contribution in [0.25, 0.3) is 0 Å². The summed E-state index contributed by atoms with van der Waals surface area (Å²) in [5.74, 6) is 0.591. The Balaban J connectivity index is 1.97. The summed E-state index contributed by atoms with van der Waals surface area (Å²) in [6, 6.07) is 11.8. The van der Waals surface area contributed by atoms with Crippen LogP contribution in [0, 0.1) is 0 Å². The van der Waals surface area contributed by atoms with Crippen LogP contribution in [0.5, 0.6) is 11.5 Å². The second-order valence-electron chi connectivity index (χ2n) is 5.04. The van der Waals surface area contributed by atoms with Crippen LogP contribution in [0.1, 0.15) is 23.2 Å². The molecule has 0 aliphatic carbocycles. The first-order valence-corrected chi connectivity index (χ1v) is 7.72. The fourth-order valence-corrected chi connectivity index (χ4v) is 2.28. The van der Waals surface area contributed by atoms with Gasteiger partial charge in [0.05, 0.1) is 19.8 Å². The number of ether oxygens (including phenoxy) is 2. The van der Waals surface area contributed by atoms with Crippen molar-refractivity contribution in [3.05, 3.63) is 53.1 Å². The van der Waals surface area contributed by atoms with Crippen LogP contribution in [-0.2, 0) is 4.79 Å². The number of methoxy groups -OCH3 is 2. The van der Waals surface area contributed by atoms with Crippen molar-refractivity contribution in [1.82, 2.24) is 0 Å². The van der Waals surface area contributed by atoms with Gasteiger partial charge in [0.25, 0.3) is 0 Å². The number of rotatable bonds is 7. The molecule has 2 aromatic carbocycles. The molecule has 126 valence electrons. The van der Waals surface area contributed by atoms with Crippen molar-refractivity contribution in [3.63, 3.8) is 0 Å². The highest BCUT2D eigenvalue weighted by Crippen LogP contribution is 2.25. The van der Waals surface area contributed by atoms with E-state index in [-0.39, 0.29) is 24.5 Å². The van der Waals surface area contributed by atoms with Crippen LogP contribution >= 0.6 is 11.6 Å². The number of halogens is 1. The van der Waals surface area contributed by atoms with Crippen molar-refractivity contribution >= 4 is 29.0 Å². The highest BCUT2D eigenvalue weighted by Gasteiger charge is 2.15. The number of hydrogen-bond acceptors (Lipinski definition) is 4. The zero-order valence-electron chi connectivity index (χ0n) is 13.5. The molecule has 0 atom stereocenters. The van der Waals surface area contributed by atoms with Gasteiger partial charge in [0.15, 0.2) is 5.78 Å². The number of hydrogen-bond donors (Lipinski definition) is 1. The molecule has 24 heavy (non-hydrogen) atoms. The lowest BCUT2D eigenvalue weighted by atomic mass is 10.0. The van der Waals surface area contributed by atoms with Gasteiger partial charge < -0.3 is 14.8 Å². The highest BCUT2D eigenvalue weighted by atomic mass is 35.5. The molecule has 0 aromatic heterocycles. The van der Waals surface area contributed by atoms with Crippen LogP contribution in [0.3, 0.4) is 0 Å². The topological polar surface area (TPSA) is 64.6 Å². The predicted molar refractivity (Wildman–Crippen MR) is 93.2 cm³/mol. The summed E-state index contributed by atoms with van der Waals surface area (Å²) in [6.07, 6.45) is 0.144. The van der Waals surface area contributed by atoms with Gasteiger partial charge in [-0.2, -0.15) is 0 Å². The Labute approximate surface area is 145 Å². The molecule has 1 N–H and O–H groups in total. The van der Waals surface area contributed by atoms with Crippen molar-refractivity contribution < 1.29 is 19.1 Å². The fourth-order valence-electron chi connectivity index (χ4n) is 2.15. The second kappa shape index (κ2) is 8.36. The minimum absolute atomic E-state index is 0.0713. The smallest absolute Gasteiger partial charge is 0.224 e. The number of nitrogens with one attached hydrogen (secondary N) is 1. The van der Waals surface area contributed by atoms with E-state index in [2.05, 4.69) is 5.32 Å². The lowest BCUT2D eigenvalue weighted by Crippen LogP contribution is -2.13. The Kier molecular flexibility index (Phi) is 6.21. The van der Waals surface area contributed by atoms with E-state index in [0.29, 0.717) is 27.8 Å². The van der Waals surface area contributed by atoms with Crippen molar-refractivity contribution in [1.29, 1.82) is 0 Å². The molecule has 0 aliphatic heterocycles. The van der Waals surface area contributed by atoms with Crippen molar-refractivity contribution in [2.45, 2.75) is 12.8 Å². The molecule has 0 bridgehead atoms. The number of amides is 1. The zero-order valence-corrected chi connectivity index (χ0v) is 14.2. The molecule has 0 fully saturated rings. The first-order chi connectivity index (χ1) is 11.5. The van der Waals surface area contributed by atoms with Crippen molar-refractivity contribution in [2.75, 3.05) is 19.5 Å². The molecule has 0 spiro atoms. The number of carbonyl (C=O) groups excluding carboxylic acids is 2. The summed E-state index contributed by atoms with van der Waals surface area (Å²) in [7, 11) is 3.02. The van der Waals surface area contributed by atoms with E-state index in [1.807, 2.05) is 0 Å². The zero-order chi connectivity index (χ0) is 17.5. The molecule has 0 saturated carbocycles. The van der Waals surface area contributed by atoms with Crippen molar-refractivity contribution in [2.24, 2.45) is 0 Å². The van der Waals surface area contributed by atoms with E-state index < -0.39 is 0 Å². The minimum Gasteiger partial charge on any atom is -0.497 e. The van der Waals surface area contributed by atoms with Gasteiger partial charge in [0, 0.05) is 23.6 Å². The molecular formula is C18H18ClNO4. The fraction of sp³-hybridized carbons (Fsp3) is 0.222. The van der Waals surface area contributed by atoms with Gasteiger partial charge >= 0.3 is 0 Å². The number of benzene rings is 2. The summed E-state index contributed by atoms with van der Waals surface area (Å²) in [6.45, 7) is 0. The molecule has 5 nitrogen and oxygen atoms in total. The third-order valence-electron chi connectivity index (χ3n) is 3.41. The largest absolute Gasteiger partial charge is 0.497 e. The minimum atomic E-state index is -0.243. The predicted octanol–water partition coefficient (Wildman–Crippen LogP) is 3.96. The van der Waals surface area contributed by atoms with Crippen LogP contribution in [0.4, 0.5) is 5.69 Å². The van der Waals surface area contributed by atoms with Gasteiger partial charge in [-0.3, -0.25) is 9.59 Å². The number of ketones is 1. The Morgan fingerprint density at radius 3 is 2.33 bits per heavy atom. The normalized spacial score (nSPS) is 10.1. The molecule has 0 saturated heterocycles. The third kappa shape index (κ3) is 4.73. The Morgan fingerprint density at radius 1 is 1.00 bits per heavy atom. The molecule has 0 heterocycles. The highest BCUT2D eigenvalue weighted by molar-refractivity contribution is 6.30. The Bertz CT molecular complexity index is 728. The monoisotopic (exact) mass is 347 g/mol. The maximum absolute atomic E-state index is 12.4. The molecule has 2 rings (SSSR count). The van der Waals surface area contributed by atoms with Gasteiger partial charge in [-0.1, -0.05) is 11.6 Å². The van der Waals surface area contributed by atoms with E-state index in [0.717, 1.165) is 0 Å². The summed E-state index contributed by atoms with van der Waals surface area (Å²) in [4.78, 5) is 24.3. The first-order valence-electron chi connectivity index (χ1n) is 7.34. The third-order valence-corrected chi connectivity index (χ3v) is 3.67. The molecule has 0 aliphatic rings. The molecular weight excluding hydrogens is 330 g/mol. The maximum Gasteiger partial charge on any atom is 0.224 e. The van der Waals surface area contributed by atoms with Gasteiger partial charge in [-0.05, 0) is 42.5 Å². The average Bonchev–Trinajstić information content (AvgIpc) is 2.61. The van der Waals surface area contributed by atoms with E-state index in [1.54, 1.807) is 42.5 Å². The van der Waals surface area contributed by atoms with Gasteiger partial charge in [-0.25, -0.2) is 0 Å². The van der Waals surface area contributed by atoms with Crippen LogP contribution in [-0.4, -0.2) is 25.9 Å². The van der Waals surface area contributed by atoms with E-state index in [9.17, 15) is 9.59 Å². The SMILES string of the molecule is COc1ccc(OC)c(C(=O)CCC(=O)Nc2ccc(Cl)cc2)c1. The molecule has 0 radical (unpaired) electrons. The van der Waals surface area contributed by atoms with E-state index in [4.69, 9.17) is 21.1 Å². The van der Waals surface area contributed by atoms with Crippen LogP contribution < -0.4 is 14.8 Å². The average molecular weight is 348 g/mol. The number of carbonyl (C=O) groups is 2. The summed E-state index contributed by atoms with van der Waals surface area (Å²) < 4.78 is 10.3. The first kappa shape index (κ1) is 17.8. The van der Waals surface area contributed by atoms with Crippen LogP contribution in [0.15, 0.2) is 42.5 Å².